The zero-order valence-electron chi connectivity index (χ0n) is 16.0. The number of nitrogens with one attached hydrogen (secondary N) is 1. The maximum atomic E-state index is 4.95. The number of nitrogens with zero attached hydrogens (tertiary/aromatic N) is 5. The lowest BCUT2D eigenvalue weighted by molar-refractivity contribution is 0.370. The lowest BCUT2D eigenvalue weighted by Crippen LogP contribution is -2.53. The maximum Gasteiger partial charge on any atom is 0.225 e. The van der Waals surface area contributed by atoms with E-state index >= 15 is 0 Å². The second kappa shape index (κ2) is 8.37. The largest absolute Gasteiger partial charge is 0.357 e. The van der Waals surface area contributed by atoms with Crippen molar-refractivity contribution in [3.8, 4) is 0 Å². The summed E-state index contributed by atoms with van der Waals surface area (Å²) >= 11 is 0. The normalized spacial score (nSPS) is 22.6. The van der Waals surface area contributed by atoms with Gasteiger partial charge in [0.2, 0.25) is 5.95 Å². The van der Waals surface area contributed by atoms with Gasteiger partial charge in [-0.3, -0.25) is 4.99 Å². The molecule has 2 atom stereocenters. The molecule has 0 amide bonds. The molecule has 6 heteroatoms. The van der Waals surface area contributed by atoms with Crippen molar-refractivity contribution in [1.29, 1.82) is 0 Å². The Morgan fingerprint density at radius 2 is 1.81 bits per heavy atom. The minimum Gasteiger partial charge on any atom is -0.357 e. The molecule has 1 aromatic carbocycles. The van der Waals surface area contributed by atoms with Crippen LogP contribution < -0.4 is 10.2 Å². The lowest BCUT2D eigenvalue weighted by Gasteiger charge is -2.36. The fraction of sp³-hybridized carbons (Fsp3) is 0.476. The fourth-order valence-corrected chi connectivity index (χ4v) is 3.76. The number of hydrogen-bond donors (Lipinski definition) is 1. The van der Waals surface area contributed by atoms with Gasteiger partial charge in [0.05, 0.1) is 0 Å². The third-order valence-corrected chi connectivity index (χ3v) is 5.37. The molecule has 2 fully saturated rings. The van der Waals surface area contributed by atoms with E-state index in [1.54, 1.807) is 12.4 Å². The van der Waals surface area contributed by atoms with Crippen LogP contribution >= 0.6 is 0 Å². The highest BCUT2D eigenvalue weighted by atomic mass is 15.4. The Bertz CT molecular complexity index is 740. The van der Waals surface area contributed by atoms with E-state index in [4.69, 9.17) is 4.99 Å². The predicted molar refractivity (Wildman–Crippen MR) is 109 cm³/mol. The van der Waals surface area contributed by atoms with Crippen molar-refractivity contribution >= 4 is 11.9 Å². The summed E-state index contributed by atoms with van der Waals surface area (Å²) in [6.07, 6.45) is 4.87. The molecule has 0 bridgehead atoms. The molecule has 1 saturated heterocycles. The van der Waals surface area contributed by atoms with Crippen LogP contribution in [0.25, 0.3) is 0 Å². The van der Waals surface area contributed by atoms with Crippen LogP contribution in [0.5, 0.6) is 0 Å². The molecule has 2 unspecified atom stereocenters. The number of piperazine rings is 1. The molecule has 1 aromatic heterocycles. The number of aromatic nitrogens is 2. The molecule has 2 aromatic rings. The molecule has 1 aliphatic carbocycles. The van der Waals surface area contributed by atoms with Gasteiger partial charge in [0.15, 0.2) is 5.96 Å². The Morgan fingerprint density at radius 3 is 2.52 bits per heavy atom. The molecule has 0 radical (unpaired) electrons. The quantitative estimate of drug-likeness (QED) is 0.652. The summed E-state index contributed by atoms with van der Waals surface area (Å²) in [6, 6.07) is 12.7. The SMILES string of the molecule is CCNC(=NCC1CC1c1ccccc1)N1CCN(c2ncccn2)CC1. The third-order valence-electron chi connectivity index (χ3n) is 5.37. The van der Waals surface area contributed by atoms with Crippen LogP contribution in [0.2, 0.25) is 0 Å². The van der Waals surface area contributed by atoms with Crippen molar-refractivity contribution in [2.75, 3.05) is 44.2 Å². The van der Waals surface area contributed by atoms with E-state index in [1.807, 2.05) is 6.07 Å². The van der Waals surface area contributed by atoms with Crippen LogP contribution in [0.4, 0.5) is 5.95 Å². The first-order chi connectivity index (χ1) is 13.3. The van der Waals surface area contributed by atoms with Gasteiger partial charge in [0.1, 0.15) is 0 Å². The number of anilines is 1. The molecule has 1 aliphatic heterocycles. The molecular formula is C21H28N6. The van der Waals surface area contributed by atoms with Gasteiger partial charge in [-0.05, 0) is 36.8 Å². The number of guanidine groups is 1. The van der Waals surface area contributed by atoms with Crippen molar-refractivity contribution in [3.05, 3.63) is 54.4 Å². The first-order valence-electron chi connectivity index (χ1n) is 9.95. The van der Waals surface area contributed by atoms with E-state index in [-0.39, 0.29) is 0 Å². The first-order valence-corrected chi connectivity index (χ1v) is 9.95. The lowest BCUT2D eigenvalue weighted by atomic mass is 10.1. The highest BCUT2D eigenvalue weighted by Gasteiger charge is 2.38. The average molecular weight is 364 g/mol. The Hall–Kier alpha value is -2.63. The summed E-state index contributed by atoms with van der Waals surface area (Å²) in [5.41, 5.74) is 1.46. The van der Waals surface area contributed by atoms with Crippen LogP contribution in [-0.2, 0) is 0 Å². The van der Waals surface area contributed by atoms with E-state index < -0.39 is 0 Å². The molecule has 4 rings (SSSR count). The molecule has 1 N–H and O–H groups in total. The van der Waals surface area contributed by atoms with E-state index in [1.165, 1.54) is 12.0 Å². The molecular weight excluding hydrogens is 336 g/mol. The van der Waals surface area contributed by atoms with Gasteiger partial charge in [0, 0.05) is 51.7 Å². The van der Waals surface area contributed by atoms with Crippen molar-refractivity contribution in [3.63, 3.8) is 0 Å². The second-order valence-electron chi connectivity index (χ2n) is 7.23. The molecule has 27 heavy (non-hydrogen) atoms. The molecule has 2 aliphatic rings. The Kier molecular flexibility index (Phi) is 5.51. The van der Waals surface area contributed by atoms with Crippen LogP contribution in [0, 0.1) is 5.92 Å². The van der Waals surface area contributed by atoms with E-state index in [9.17, 15) is 0 Å². The van der Waals surface area contributed by atoms with Crippen molar-refractivity contribution in [1.82, 2.24) is 20.2 Å². The van der Waals surface area contributed by atoms with E-state index in [2.05, 4.69) is 62.3 Å². The van der Waals surface area contributed by atoms with Crippen LogP contribution in [0.1, 0.15) is 24.8 Å². The summed E-state index contributed by atoms with van der Waals surface area (Å²) in [4.78, 5) is 18.3. The standard InChI is InChI=1S/C21H28N6/c1-2-22-20(25-16-18-15-19(18)17-7-4-3-5-8-17)26-11-13-27(14-12-26)21-23-9-6-10-24-21/h3-10,18-19H,2,11-16H2,1H3,(H,22,25). The molecule has 2 heterocycles. The molecule has 6 nitrogen and oxygen atoms in total. The van der Waals surface area contributed by atoms with Gasteiger partial charge in [-0.1, -0.05) is 30.3 Å². The van der Waals surface area contributed by atoms with Crippen molar-refractivity contribution in [2.45, 2.75) is 19.3 Å². The summed E-state index contributed by atoms with van der Waals surface area (Å²) in [5, 5.41) is 3.47. The molecule has 1 saturated carbocycles. The van der Waals surface area contributed by atoms with Gasteiger partial charge in [-0.2, -0.15) is 0 Å². The fourth-order valence-electron chi connectivity index (χ4n) is 3.76. The minimum absolute atomic E-state index is 0.681. The summed E-state index contributed by atoms with van der Waals surface area (Å²) in [7, 11) is 0. The van der Waals surface area contributed by atoms with E-state index in [0.717, 1.165) is 51.2 Å². The Labute approximate surface area is 161 Å². The minimum atomic E-state index is 0.681. The second-order valence-corrected chi connectivity index (χ2v) is 7.23. The average Bonchev–Trinajstić information content (AvgIpc) is 3.52. The maximum absolute atomic E-state index is 4.95. The number of hydrogen-bond acceptors (Lipinski definition) is 4. The van der Waals surface area contributed by atoms with Crippen LogP contribution in [-0.4, -0.2) is 60.1 Å². The van der Waals surface area contributed by atoms with Gasteiger partial charge in [-0.25, -0.2) is 9.97 Å². The van der Waals surface area contributed by atoms with Gasteiger partial charge < -0.3 is 15.1 Å². The summed E-state index contributed by atoms with van der Waals surface area (Å²) in [5.74, 6) is 3.23. The number of rotatable bonds is 5. The summed E-state index contributed by atoms with van der Waals surface area (Å²) < 4.78 is 0. The number of aliphatic imine (C=N–C) groups is 1. The first kappa shape index (κ1) is 17.8. The monoisotopic (exact) mass is 364 g/mol. The highest BCUT2D eigenvalue weighted by Crippen LogP contribution is 2.47. The van der Waals surface area contributed by atoms with Crippen molar-refractivity contribution in [2.24, 2.45) is 10.9 Å². The smallest absolute Gasteiger partial charge is 0.225 e. The summed E-state index contributed by atoms with van der Waals surface area (Å²) in [6.45, 7) is 7.66. The zero-order valence-corrected chi connectivity index (χ0v) is 16.0. The van der Waals surface area contributed by atoms with Crippen LogP contribution in [0.3, 0.4) is 0 Å². The van der Waals surface area contributed by atoms with Crippen molar-refractivity contribution < 1.29 is 0 Å². The highest BCUT2D eigenvalue weighted by molar-refractivity contribution is 5.80. The number of benzene rings is 1. The molecule has 142 valence electrons. The van der Waals surface area contributed by atoms with Gasteiger partial charge in [-0.15, -0.1) is 0 Å². The van der Waals surface area contributed by atoms with Gasteiger partial charge in [0.25, 0.3) is 0 Å². The Balaban J connectivity index is 1.32. The van der Waals surface area contributed by atoms with Crippen LogP contribution in [0.15, 0.2) is 53.8 Å². The molecule has 0 spiro atoms. The predicted octanol–water partition coefficient (Wildman–Crippen LogP) is 2.37. The zero-order chi connectivity index (χ0) is 18.5. The topological polar surface area (TPSA) is 56.7 Å². The van der Waals surface area contributed by atoms with E-state index in [0.29, 0.717) is 11.8 Å². The van der Waals surface area contributed by atoms with Gasteiger partial charge >= 0.3 is 0 Å². The Morgan fingerprint density at radius 1 is 1.07 bits per heavy atom. The third kappa shape index (κ3) is 4.38.